The Morgan fingerprint density at radius 2 is 2.30 bits per heavy atom. The average molecular weight is 290 g/mol. The summed E-state index contributed by atoms with van der Waals surface area (Å²) in [6, 6.07) is 3.38. The average Bonchev–Trinajstić information content (AvgIpc) is 3.13. The maximum absolute atomic E-state index is 5.39. The van der Waals surface area contributed by atoms with Crippen LogP contribution in [-0.4, -0.2) is 40.2 Å². The van der Waals surface area contributed by atoms with Gasteiger partial charge >= 0.3 is 0 Å². The van der Waals surface area contributed by atoms with Crippen LogP contribution in [0.25, 0.3) is 11.4 Å². The van der Waals surface area contributed by atoms with E-state index in [1.165, 1.54) is 19.3 Å². The molecule has 6 heteroatoms. The first-order valence-electron chi connectivity index (χ1n) is 7.20. The third-order valence-corrected chi connectivity index (χ3v) is 4.90. The molecule has 4 rings (SSSR count). The summed E-state index contributed by atoms with van der Waals surface area (Å²) in [5.41, 5.74) is 1.04. The summed E-state index contributed by atoms with van der Waals surface area (Å²) in [5, 5.41) is 11.8. The van der Waals surface area contributed by atoms with E-state index in [4.69, 9.17) is 4.52 Å². The van der Waals surface area contributed by atoms with Crippen molar-refractivity contribution < 1.29 is 4.52 Å². The Balaban J connectivity index is 1.44. The van der Waals surface area contributed by atoms with Gasteiger partial charge in [0.05, 0.1) is 6.54 Å². The molecule has 2 unspecified atom stereocenters. The smallest absolute Gasteiger partial charge is 0.241 e. The van der Waals surface area contributed by atoms with Crippen LogP contribution in [0.5, 0.6) is 0 Å². The second-order valence-corrected chi connectivity index (χ2v) is 6.47. The van der Waals surface area contributed by atoms with Gasteiger partial charge in [-0.3, -0.25) is 4.90 Å². The highest BCUT2D eigenvalue weighted by Crippen LogP contribution is 2.22. The molecule has 2 atom stereocenters. The van der Waals surface area contributed by atoms with Crippen LogP contribution in [0.15, 0.2) is 21.3 Å². The minimum absolute atomic E-state index is 0.641. The number of hydrogen-bond donors (Lipinski definition) is 1. The lowest BCUT2D eigenvalue weighted by Gasteiger charge is -2.21. The summed E-state index contributed by atoms with van der Waals surface area (Å²) in [4.78, 5) is 6.94. The largest absolute Gasteiger partial charge is 0.338 e. The minimum Gasteiger partial charge on any atom is -0.338 e. The molecule has 2 aromatic rings. The summed E-state index contributed by atoms with van der Waals surface area (Å²) in [5.74, 6) is 1.43. The third-order valence-electron chi connectivity index (χ3n) is 4.21. The highest BCUT2D eigenvalue weighted by molar-refractivity contribution is 7.08. The summed E-state index contributed by atoms with van der Waals surface area (Å²) in [6.45, 7) is 2.97. The minimum atomic E-state index is 0.641. The molecular weight excluding hydrogens is 272 g/mol. The molecule has 2 aromatic heterocycles. The van der Waals surface area contributed by atoms with Crippen molar-refractivity contribution in [1.29, 1.82) is 0 Å². The van der Waals surface area contributed by atoms with E-state index < -0.39 is 0 Å². The lowest BCUT2D eigenvalue weighted by molar-refractivity contribution is 0.216. The number of thiophene rings is 1. The molecule has 0 spiro atoms. The number of hydrogen-bond acceptors (Lipinski definition) is 6. The van der Waals surface area contributed by atoms with Gasteiger partial charge in [0.15, 0.2) is 0 Å². The van der Waals surface area contributed by atoms with Crippen molar-refractivity contribution in [3.63, 3.8) is 0 Å². The van der Waals surface area contributed by atoms with Crippen LogP contribution in [0, 0.1) is 0 Å². The van der Waals surface area contributed by atoms with E-state index in [0.29, 0.717) is 17.9 Å². The first kappa shape index (κ1) is 12.5. The van der Waals surface area contributed by atoms with E-state index in [0.717, 1.165) is 31.1 Å². The van der Waals surface area contributed by atoms with Gasteiger partial charge in [0.25, 0.3) is 0 Å². The van der Waals surface area contributed by atoms with Crippen molar-refractivity contribution in [2.75, 3.05) is 13.1 Å². The van der Waals surface area contributed by atoms with Gasteiger partial charge in [-0.1, -0.05) is 5.16 Å². The van der Waals surface area contributed by atoms with Crippen molar-refractivity contribution in [2.45, 2.75) is 37.9 Å². The first-order chi connectivity index (χ1) is 9.87. The Morgan fingerprint density at radius 1 is 1.35 bits per heavy atom. The van der Waals surface area contributed by atoms with Gasteiger partial charge in [-0.25, -0.2) is 0 Å². The van der Waals surface area contributed by atoms with Crippen LogP contribution < -0.4 is 5.32 Å². The summed E-state index contributed by atoms with van der Waals surface area (Å²) in [6.07, 6.45) is 3.86. The van der Waals surface area contributed by atoms with Crippen molar-refractivity contribution in [3.05, 3.63) is 22.7 Å². The second kappa shape index (κ2) is 5.27. The summed E-state index contributed by atoms with van der Waals surface area (Å²) in [7, 11) is 0. The van der Waals surface area contributed by atoms with Crippen molar-refractivity contribution in [3.8, 4) is 11.4 Å². The zero-order chi connectivity index (χ0) is 13.4. The summed E-state index contributed by atoms with van der Waals surface area (Å²) < 4.78 is 5.39. The Bertz CT molecular complexity index is 568. The number of nitrogens with one attached hydrogen (secondary N) is 1. The molecule has 20 heavy (non-hydrogen) atoms. The molecule has 2 saturated heterocycles. The lowest BCUT2D eigenvalue weighted by Crippen LogP contribution is -2.35. The number of rotatable bonds is 3. The zero-order valence-corrected chi connectivity index (χ0v) is 12.1. The van der Waals surface area contributed by atoms with Gasteiger partial charge in [-0.15, -0.1) is 0 Å². The second-order valence-electron chi connectivity index (χ2n) is 5.69. The lowest BCUT2D eigenvalue weighted by atomic mass is 10.1. The Labute approximate surface area is 122 Å². The van der Waals surface area contributed by atoms with Gasteiger partial charge in [-0.05, 0) is 30.7 Å². The van der Waals surface area contributed by atoms with Crippen molar-refractivity contribution >= 4 is 11.3 Å². The predicted octanol–water partition coefficient (Wildman–Crippen LogP) is 2.12. The highest BCUT2D eigenvalue weighted by Gasteiger charge is 2.29. The topological polar surface area (TPSA) is 54.2 Å². The van der Waals surface area contributed by atoms with Gasteiger partial charge in [-0.2, -0.15) is 16.3 Å². The van der Waals surface area contributed by atoms with E-state index in [-0.39, 0.29) is 0 Å². The molecule has 1 N–H and O–H groups in total. The monoisotopic (exact) mass is 290 g/mol. The number of nitrogens with zero attached hydrogens (tertiary/aromatic N) is 3. The van der Waals surface area contributed by atoms with Gasteiger partial charge in [0.1, 0.15) is 0 Å². The van der Waals surface area contributed by atoms with Gasteiger partial charge in [0, 0.05) is 36.1 Å². The van der Waals surface area contributed by atoms with Crippen molar-refractivity contribution in [2.24, 2.45) is 0 Å². The quantitative estimate of drug-likeness (QED) is 0.938. The van der Waals surface area contributed by atoms with Gasteiger partial charge < -0.3 is 9.84 Å². The standard InChI is InChI=1S/C14H18N4OS/c1-2-12-7-18(5-3-11(1)15-12)8-13-16-14(17-19-13)10-4-6-20-9-10/h4,6,9,11-12,15H,1-3,5,7-8H2. The maximum Gasteiger partial charge on any atom is 0.241 e. The fourth-order valence-electron chi connectivity index (χ4n) is 3.18. The molecule has 5 nitrogen and oxygen atoms in total. The Hall–Kier alpha value is -1.24. The molecule has 0 amide bonds. The van der Waals surface area contributed by atoms with Crippen LogP contribution >= 0.6 is 11.3 Å². The molecule has 4 heterocycles. The molecule has 0 aromatic carbocycles. The van der Waals surface area contributed by atoms with Crippen LogP contribution in [0.3, 0.4) is 0 Å². The van der Waals surface area contributed by atoms with Crippen LogP contribution in [0.4, 0.5) is 0 Å². The Kier molecular flexibility index (Phi) is 3.29. The number of fused-ring (bicyclic) bond motifs is 2. The van der Waals surface area contributed by atoms with E-state index in [2.05, 4.69) is 20.4 Å². The van der Waals surface area contributed by atoms with Crippen LogP contribution in [0.1, 0.15) is 25.2 Å². The molecule has 2 bridgehead atoms. The van der Waals surface area contributed by atoms with Crippen LogP contribution in [0.2, 0.25) is 0 Å². The molecule has 2 aliphatic rings. The fourth-order valence-corrected chi connectivity index (χ4v) is 3.81. The van der Waals surface area contributed by atoms with E-state index in [1.807, 2.05) is 16.8 Å². The SMILES string of the molecule is c1cc(-c2noc(CN3CCC4CCC(C3)N4)n2)cs1. The highest BCUT2D eigenvalue weighted by atomic mass is 32.1. The zero-order valence-electron chi connectivity index (χ0n) is 11.3. The van der Waals surface area contributed by atoms with Gasteiger partial charge in [0.2, 0.25) is 11.7 Å². The molecule has 106 valence electrons. The molecular formula is C14H18N4OS. The molecule has 0 aliphatic carbocycles. The number of likely N-dealkylation sites (tertiary alicyclic amines) is 1. The molecule has 0 radical (unpaired) electrons. The third kappa shape index (κ3) is 2.51. The molecule has 2 aliphatic heterocycles. The van der Waals surface area contributed by atoms with E-state index in [9.17, 15) is 0 Å². The van der Waals surface area contributed by atoms with E-state index in [1.54, 1.807) is 11.3 Å². The summed E-state index contributed by atoms with van der Waals surface area (Å²) >= 11 is 1.65. The normalized spacial score (nSPS) is 26.8. The molecule has 0 saturated carbocycles. The van der Waals surface area contributed by atoms with Crippen molar-refractivity contribution in [1.82, 2.24) is 20.4 Å². The van der Waals surface area contributed by atoms with Crippen LogP contribution in [-0.2, 0) is 6.54 Å². The first-order valence-corrected chi connectivity index (χ1v) is 8.14. The fraction of sp³-hybridized carbons (Fsp3) is 0.571. The molecule has 2 fully saturated rings. The number of aromatic nitrogens is 2. The Morgan fingerprint density at radius 3 is 3.20 bits per heavy atom. The predicted molar refractivity (Wildman–Crippen MR) is 77.5 cm³/mol. The maximum atomic E-state index is 5.39. The van der Waals surface area contributed by atoms with E-state index >= 15 is 0 Å².